The number of amides is 1. The average Bonchev–Trinajstić information content (AvgIpc) is 2.93. The van der Waals surface area contributed by atoms with Crippen LogP contribution < -0.4 is 5.32 Å². The van der Waals surface area contributed by atoms with E-state index in [1.165, 1.54) is 12.8 Å². The molecule has 0 bridgehead atoms. The fourth-order valence-electron chi connectivity index (χ4n) is 2.83. The Morgan fingerprint density at radius 1 is 1.43 bits per heavy atom. The third-order valence-electron chi connectivity index (χ3n) is 3.92. The van der Waals surface area contributed by atoms with E-state index in [1.54, 1.807) is 0 Å². The van der Waals surface area contributed by atoms with Crippen molar-refractivity contribution >= 4 is 17.7 Å². The molecule has 0 spiro atoms. The van der Waals surface area contributed by atoms with E-state index in [1.807, 2.05) is 42.1 Å². The van der Waals surface area contributed by atoms with Gasteiger partial charge in [-0.3, -0.25) is 4.79 Å². The summed E-state index contributed by atoms with van der Waals surface area (Å²) in [5.41, 5.74) is 1.03. The molecule has 2 rings (SSSR count). The molecule has 1 fully saturated rings. The van der Waals surface area contributed by atoms with E-state index in [0.717, 1.165) is 17.7 Å². The van der Waals surface area contributed by atoms with Crippen molar-refractivity contribution in [1.29, 1.82) is 5.26 Å². The summed E-state index contributed by atoms with van der Waals surface area (Å²) in [5.74, 6) is 0.359. The van der Waals surface area contributed by atoms with E-state index in [4.69, 9.17) is 0 Å². The molecule has 21 heavy (non-hydrogen) atoms. The number of benzene rings is 1. The SMILES string of the molecule is CCSC1CCCC1NC(=O)C(C#N)Cc1ccccc1. The predicted molar refractivity (Wildman–Crippen MR) is 87.0 cm³/mol. The largest absolute Gasteiger partial charge is 0.351 e. The molecule has 0 aliphatic heterocycles. The average molecular weight is 302 g/mol. The van der Waals surface area contributed by atoms with Crippen molar-refractivity contribution in [2.45, 2.75) is 43.9 Å². The molecule has 1 aromatic carbocycles. The minimum Gasteiger partial charge on any atom is -0.351 e. The molecule has 0 aromatic heterocycles. The summed E-state index contributed by atoms with van der Waals surface area (Å²) in [6.45, 7) is 2.15. The fraction of sp³-hybridized carbons (Fsp3) is 0.529. The minimum absolute atomic E-state index is 0.116. The van der Waals surface area contributed by atoms with E-state index < -0.39 is 5.92 Å². The number of nitrogens with zero attached hydrogens (tertiary/aromatic N) is 1. The number of nitrogens with one attached hydrogen (secondary N) is 1. The highest BCUT2D eigenvalue weighted by atomic mass is 32.2. The lowest BCUT2D eigenvalue weighted by Gasteiger charge is -2.21. The second-order valence-corrected chi connectivity index (χ2v) is 6.93. The fourth-order valence-corrected chi connectivity index (χ4v) is 4.03. The molecule has 0 heterocycles. The Bertz CT molecular complexity index is 497. The zero-order valence-electron chi connectivity index (χ0n) is 12.4. The first-order valence-corrected chi connectivity index (χ1v) is 8.65. The van der Waals surface area contributed by atoms with Crippen LogP contribution in [-0.4, -0.2) is 23.0 Å². The number of carbonyl (C=O) groups is 1. The van der Waals surface area contributed by atoms with Crippen LogP contribution in [0.4, 0.5) is 0 Å². The van der Waals surface area contributed by atoms with E-state index in [0.29, 0.717) is 11.7 Å². The molecule has 3 atom stereocenters. The van der Waals surface area contributed by atoms with Crippen molar-refractivity contribution in [2.75, 3.05) is 5.75 Å². The third kappa shape index (κ3) is 4.50. The molecular formula is C17H22N2OS. The molecule has 3 unspecified atom stereocenters. The maximum atomic E-state index is 12.3. The van der Waals surface area contributed by atoms with Crippen molar-refractivity contribution in [3.8, 4) is 6.07 Å². The molecule has 3 nitrogen and oxygen atoms in total. The van der Waals surface area contributed by atoms with Crippen molar-refractivity contribution in [3.63, 3.8) is 0 Å². The first-order valence-electron chi connectivity index (χ1n) is 7.60. The summed E-state index contributed by atoms with van der Waals surface area (Å²) >= 11 is 1.91. The van der Waals surface area contributed by atoms with E-state index >= 15 is 0 Å². The van der Waals surface area contributed by atoms with E-state index in [2.05, 4.69) is 18.3 Å². The lowest BCUT2D eigenvalue weighted by Crippen LogP contribution is -2.42. The molecule has 4 heteroatoms. The van der Waals surface area contributed by atoms with Gasteiger partial charge in [0.25, 0.3) is 0 Å². The highest BCUT2D eigenvalue weighted by molar-refractivity contribution is 7.99. The van der Waals surface area contributed by atoms with Crippen molar-refractivity contribution in [3.05, 3.63) is 35.9 Å². The molecule has 0 saturated heterocycles. The van der Waals surface area contributed by atoms with Gasteiger partial charge in [-0.05, 0) is 30.6 Å². The predicted octanol–water partition coefficient (Wildman–Crippen LogP) is 3.16. The van der Waals surface area contributed by atoms with Gasteiger partial charge in [-0.1, -0.05) is 43.7 Å². The maximum absolute atomic E-state index is 12.3. The van der Waals surface area contributed by atoms with Crippen molar-refractivity contribution in [1.82, 2.24) is 5.32 Å². The van der Waals surface area contributed by atoms with Crippen LogP contribution in [0.25, 0.3) is 0 Å². The first kappa shape index (κ1) is 15.9. The van der Waals surface area contributed by atoms with Gasteiger partial charge in [0, 0.05) is 11.3 Å². The van der Waals surface area contributed by atoms with Crippen LogP contribution in [0.2, 0.25) is 0 Å². The third-order valence-corrected chi connectivity index (χ3v) is 5.24. The summed E-state index contributed by atoms with van der Waals surface area (Å²) in [7, 11) is 0. The van der Waals surface area contributed by atoms with Gasteiger partial charge < -0.3 is 5.32 Å². The second kappa shape index (κ2) is 8.09. The molecule has 1 amide bonds. The number of rotatable bonds is 6. The normalized spacial score (nSPS) is 22.5. The minimum atomic E-state index is -0.597. The Kier molecular flexibility index (Phi) is 6.13. The van der Waals surface area contributed by atoms with Crippen LogP contribution in [-0.2, 0) is 11.2 Å². The Balaban J connectivity index is 1.93. The number of hydrogen-bond donors (Lipinski definition) is 1. The Morgan fingerprint density at radius 3 is 2.86 bits per heavy atom. The molecule has 112 valence electrons. The maximum Gasteiger partial charge on any atom is 0.237 e. The second-order valence-electron chi connectivity index (χ2n) is 5.41. The molecule has 1 aliphatic carbocycles. The van der Waals surface area contributed by atoms with Gasteiger partial charge in [0.2, 0.25) is 5.91 Å². The van der Waals surface area contributed by atoms with Gasteiger partial charge in [-0.2, -0.15) is 17.0 Å². The summed E-state index contributed by atoms with van der Waals surface area (Å²) in [6.07, 6.45) is 3.85. The molecule has 1 aliphatic rings. The summed E-state index contributed by atoms with van der Waals surface area (Å²) in [4.78, 5) is 12.3. The van der Waals surface area contributed by atoms with Crippen molar-refractivity contribution in [2.24, 2.45) is 5.92 Å². The van der Waals surface area contributed by atoms with Crippen LogP contribution in [0.5, 0.6) is 0 Å². The highest BCUT2D eigenvalue weighted by Crippen LogP contribution is 2.30. The summed E-state index contributed by atoms with van der Waals surface area (Å²) in [6, 6.07) is 12.1. The smallest absolute Gasteiger partial charge is 0.237 e. The van der Waals surface area contributed by atoms with Crippen LogP contribution in [0.1, 0.15) is 31.7 Å². The number of hydrogen-bond acceptors (Lipinski definition) is 3. The molecule has 1 N–H and O–H groups in total. The molecule has 1 aromatic rings. The Hall–Kier alpha value is -1.47. The van der Waals surface area contributed by atoms with Crippen LogP contribution in [0.3, 0.4) is 0 Å². The zero-order valence-corrected chi connectivity index (χ0v) is 13.2. The monoisotopic (exact) mass is 302 g/mol. The standard InChI is InChI=1S/C17H22N2OS/c1-2-21-16-10-6-9-15(16)19-17(20)14(12-18)11-13-7-4-3-5-8-13/h3-5,7-8,14-16H,2,6,9-11H2,1H3,(H,19,20). The van der Waals surface area contributed by atoms with Gasteiger partial charge in [-0.25, -0.2) is 0 Å². The number of nitriles is 1. The van der Waals surface area contributed by atoms with E-state index in [-0.39, 0.29) is 11.9 Å². The van der Waals surface area contributed by atoms with Gasteiger partial charge in [-0.15, -0.1) is 0 Å². The molecular weight excluding hydrogens is 280 g/mol. The lowest BCUT2D eigenvalue weighted by molar-refractivity contribution is -0.124. The zero-order chi connectivity index (χ0) is 15.1. The highest BCUT2D eigenvalue weighted by Gasteiger charge is 2.30. The van der Waals surface area contributed by atoms with Gasteiger partial charge in [0.1, 0.15) is 5.92 Å². The lowest BCUT2D eigenvalue weighted by atomic mass is 9.99. The van der Waals surface area contributed by atoms with Crippen LogP contribution in [0, 0.1) is 17.2 Å². The van der Waals surface area contributed by atoms with Crippen molar-refractivity contribution < 1.29 is 4.79 Å². The quantitative estimate of drug-likeness (QED) is 0.878. The first-order chi connectivity index (χ1) is 10.2. The van der Waals surface area contributed by atoms with E-state index in [9.17, 15) is 10.1 Å². The molecule has 0 radical (unpaired) electrons. The van der Waals surface area contributed by atoms with Crippen LogP contribution >= 0.6 is 11.8 Å². The topological polar surface area (TPSA) is 52.9 Å². The molecule has 1 saturated carbocycles. The Labute approximate surface area is 131 Å². The Morgan fingerprint density at radius 2 is 2.19 bits per heavy atom. The summed E-state index contributed by atoms with van der Waals surface area (Å²) in [5, 5.41) is 12.9. The van der Waals surface area contributed by atoms with Gasteiger partial charge in [0.05, 0.1) is 6.07 Å². The number of thioether (sulfide) groups is 1. The summed E-state index contributed by atoms with van der Waals surface area (Å²) < 4.78 is 0. The van der Waals surface area contributed by atoms with Gasteiger partial charge in [0.15, 0.2) is 0 Å². The number of carbonyl (C=O) groups excluding carboxylic acids is 1. The van der Waals surface area contributed by atoms with Gasteiger partial charge >= 0.3 is 0 Å². The van der Waals surface area contributed by atoms with Crippen LogP contribution in [0.15, 0.2) is 30.3 Å².